The summed E-state index contributed by atoms with van der Waals surface area (Å²) in [7, 11) is -3.51. The number of benzene rings is 1. The van der Waals surface area contributed by atoms with Gasteiger partial charge in [-0.25, -0.2) is 13.1 Å². The fraction of sp³-hybridized carbons (Fsp3) is 0.188. The largest absolute Gasteiger partial charge is 0.263 e. The quantitative estimate of drug-likeness (QED) is 0.682. The lowest BCUT2D eigenvalue weighted by Crippen LogP contribution is -2.32. The van der Waals surface area contributed by atoms with Crippen molar-refractivity contribution in [1.29, 1.82) is 0 Å². The molecule has 0 bridgehead atoms. The zero-order chi connectivity index (χ0) is 17.0. The second-order valence-corrected chi connectivity index (χ2v) is 8.41. The van der Waals surface area contributed by atoms with E-state index in [-0.39, 0.29) is 18.3 Å². The molecule has 0 fully saturated rings. The fourth-order valence-electron chi connectivity index (χ4n) is 2.35. The second kappa shape index (κ2) is 7.48. The number of halogens is 1. The minimum absolute atomic E-state index is 0.150. The number of hydrogen-bond donors (Lipinski definition) is 1. The first-order valence-electron chi connectivity index (χ1n) is 7.28. The third-order valence-corrected chi connectivity index (χ3v) is 6.16. The van der Waals surface area contributed by atoms with Crippen molar-refractivity contribution in [1.82, 2.24) is 14.5 Å². The Morgan fingerprint density at radius 2 is 2.04 bits per heavy atom. The van der Waals surface area contributed by atoms with Gasteiger partial charge in [0.15, 0.2) is 0 Å². The zero-order valence-electron chi connectivity index (χ0n) is 12.7. The molecule has 2 aromatic heterocycles. The van der Waals surface area contributed by atoms with Gasteiger partial charge in [-0.15, -0.1) is 11.3 Å². The Morgan fingerprint density at radius 1 is 1.21 bits per heavy atom. The van der Waals surface area contributed by atoms with Gasteiger partial charge < -0.3 is 0 Å². The van der Waals surface area contributed by atoms with Gasteiger partial charge in [-0.2, -0.15) is 5.10 Å². The number of hydrogen-bond acceptors (Lipinski definition) is 4. The van der Waals surface area contributed by atoms with Crippen LogP contribution in [0.5, 0.6) is 0 Å². The molecule has 3 rings (SSSR count). The molecule has 5 nitrogen and oxygen atoms in total. The van der Waals surface area contributed by atoms with Crippen LogP contribution in [0.3, 0.4) is 0 Å². The Kier molecular flexibility index (Phi) is 5.35. The smallest absolute Gasteiger partial charge is 0.215 e. The van der Waals surface area contributed by atoms with Gasteiger partial charge in [0.2, 0.25) is 10.0 Å². The Labute approximate surface area is 150 Å². The Morgan fingerprint density at radius 3 is 2.71 bits per heavy atom. The normalized spacial score (nSPS) is 13.0. The summed E-state index contributed by atoms with van der Waals surface area (Å²) in [6, 6.07) is 12.5. The predicted molar refractivity (Wildman–Crippen MR) is 96.8 cm³/mol. The van der Waals surface area contributed by atoms with Gasteiger partial charge in [-0.1, -0.05) is 35.9 Å². The van der Waals surface area contributed by atoms with Gasteiger partial charge in [0, 0.05) is 28.8 Å². The van der Waals surface area contributed by atoms with E-state index in [0.29, 0.717) is 10.6 Å². The van der Waals surface area contributed by atoms with E-state index in [0.717, 1.165) is 4.88 Å². The zero-order valence-corrected chi connectivity index (χ0v) is 15.1. The number of nitrogens with one attached hydrogen (secondary N) is 1. The lowest BCUT2D eigenvalue weighted by Gasteiger charge is -2.17. The van der Waals surface area contributed by atoms with Crippen molar-refractivity contribution in [2.24, 2.45) is 0 Å². The van der Waals surface area contributed by atoms with Crippen molar-refractivity contribution in [2.45, 2.75) is 11.8 Å². The molecule has 3 aromatic rings. The van der Waals surface area contributed by atoms with E-state index in [2.05, 4.69) is 9.82 Å². The Hall–Kier alpha value is -1.67. The minimum Gasteiger partial charge on any atom is -0.263 e. The van der Waals surface area contributed by atoms with E-state index in [4.69, 9.17) is 11.6 Å². The highest BCUT2D eigenvalue weighted by Gasteiger charge is 2.20. The average Bonchev–Trinajstić information content (AvgIpc) is 3.23. The second-order valence-electron chi connectivity index (χ2n) is 5.22. The lowest BCUT2D eigenvalue weighted by molar-refractivity contribution is 0.511. The van der Waals surface area contributed by atoms with Crippen LogP contribution in [0.15, 0.2) is 60.2 Å². The third-order valence-electron chi connectivity index (χ3n) is 3.52. The van der Waals surface area contributed by atoms with Gasteiger partial charge in [0.1, 0.15) is 0 Å². The van der Waals surface area contributed by atoms with Crippen LogP contribution in [0.4, 0.5) is 0 Å². The standard InChI is InChI=1S/C16H16ClN3O2S2/c17-14-6-2-1-5-13(14)12-24(21,22)19-11-15(16-7-3-10-23-16)20-9-4-8-18-20/h1-10,15,19H,11-12H2. The van der Waals surface area contributed by atoms with E-state index in [9.17, 15) is 8.42 Å². The highest BCUT2D eigenvalue weighted by Crippen LogP contribution is 2.23. The van der Waals surface area contributed by atoms with Crippen molar-refractivity contribution < 1.29 is 8.42 Å². The summed E-state index contributed by atoms with van der Waals surface area (Å²) in [6.45, 7) is 0.231. The molecule has 0 saturated heterocycles. The molecule has 1 atom stereocenters. The van der Waals surface area contributed by atoms with E-state index in [1.54, 1.807) is 46.5 Å². The van der Waals surface area contributed by atoms with Crippen LogP contribution in [-0.2, 0) is 15.8 Å². The molecule has 0 aliphatic carbocycles. The molecule has 0 radical (unpaired) electrons. The molecular weight excluding hydrogens is 366 g/mol. The molecule has 0 saturated carbocycles. The summed E-state index contributed by atoms with van der Waals surface area (Å²) in [5.41, 5.74) is 0.582. The van der Waals surface area contributed by atoms with Crippen molar-refractivity contribution in [3.8, 4) is 0 Å². The highest BCUT2D eigenvalue weighted by molar-refractivity contribution is 7.88. The van der Waals surface area contributed by atoms with Crippen molar-refractivity contribution in [3.63, 3.8) is 0 Å². The Bertz CT molecular complexity index is 844. The molecule has 24 heavy (non-hydrogen) atoms. The number of sulfonamides is 1. The highest BCUT2D eigenvalue weighted by atomic mass is 35.5. The number of rotatable bonds is 7. The maximum absolute atomic E-state index is 12.4. The van der Waals surface area contributed by atoms with Crippen LogP contribution < -0.4 is 4.72 Å². The molecule has 0 aliphatic heterocycles. The van der Waals surface area contributed by atoms with E-state index < -0.39 is 10.0 Å². The first-order valence-corrected chi connectivity index (χ1v) is 10.2. The minimum atomic E-state index is -3.51. The fourth-order valence-corrected chi connectivity index (χ4v) is 4.62. The van der Waals surface area contributed by atoms with Crippen LogP contribution in [0.2, 0.25) is 5.02 Å². The molecule has 0 spiro atoms. The van der Waals surface area contributed by atoms with Crippen LogP contribution in [0.1, 0.15) is 16.5 Å². The van der Waals surface area contributed by atoms with Crippen LogP contribution >= 0.6 is 22.9 Å². The molecule has 0 aliphatic rings. The third kappa shape index (κ3) is 4.24. The molecule has 8 heteroatoms. The summed E-state index contributed by atoms with van der Waals surface area (Å²) < 4.78 is 29.2. The van der Waals surface area contributed by atoms with Crippen LogP contribution in [-0.4, -0.2) is 24.7 Å². The monoisotopic (exact) mass is 381 g/mol. The van der Waals surface area contributed by atoms with Gasteiger partial charge in [-0.05, 0) is 29.1 Å². The predicted octanol–water partition coefficient (Wildman–Crippen LogP) is 3.31. The van der Waals surface area contributed by atoms with E-state index >= 15 is 0 Å². The number of aromatic nitrogens is 2. The summed E-state index contributed by atoms with van der Waals surface area (Å²) in [4.78, 5) is 1.04. The van der Waals surface area contributed by atoms with Crippen LogP contribution in [0.25, 0.3) is 0 Å². The molecule has 126 valence electrons. The van der Waals surface area contributed by atoms with Gasteiger partial charge in [0.25, 0.3) is 0 Å². The van der Waals surface area contributed by atoms with E-state index in [1.165, 1.54) is 0 Å². The van der Waals surface area contributed by atoms with Crippen LogP contribution in [0, 0.1) is 0 Å². The summed E-state index contributed by atoms with van der Waals surface area (Å²) >= 11 is 7.62. The topological polar surface area (TPSA) is 64.0 Å². The first kappa shape index (κ1) is 17.2. The summed E-state index contributed by atoms with van der Waals surface area (Å²) in [5, 5.41) is 6.65. The van der Waals surface area contributed by atoms with Gasteiger partial charge >= 0.3 is 0 Å². The number of thiophene rings is 1. The maximum atomic E-state index is 12.4. The first-order chi connectivity index (χ1) is 11.6. The van der Waals surface area contributed by atoms with E-state index in [1.807, 2.05) is 29.8 Å². The molecule has 1 unspecified atom stereocenters. The van der Waals surface area contributed by atoms with Gasteiger partial charge in [-0.3, -0.25) is 4.68 Å². The van der Waals surface area contributed by atoms with Crippen molar-refractivity contribution in [2.75, 3.05) is 6.54 Å². The maximum Gasteiger partial charge on any atom is 0.215 e. The lowest BCUT2D eigenvalue weighted by atomic mass is 10.2. The Balaban J connectivity index is 1.73. The molecule has 0 amide bonds. The summed E-state index contributed by atoms with van der Waals surface area (Å²) in [5.74, 6) is -0.150. The summed E-state index contributed by atoms with van der Waals surface area (Å²) in [6.07, 6.45) is 3.51. The molecular formula is C16H16ClN3O2S2. The van der Waals surface area contributed by atoms with Crippen molar-refractivity contribution >= 4 is 33.0 Å². The van der Waals surface area contributed by atoms with Crippen molar-refractivity contribution in [3.05, 3.63) is 75.7 Å². The average molecular weight is 382 g/mol. The van der Waals surface area contributed by atoms with Gasteiger partial charge in [0.05, 0.1) is 11.8 Å². The SMILES string of the molecule is O=S(=O)(Cc1ccccc1Cl)NCC(c1cccs1)n1cccn1. The molecule has 1 N–H and O–H groups in total. The molecule has 1 aromatic carbocycles. The molecule has 2 heterocycles. The number of nitrogens with zero attached hydrogens (tertiary/aromatic N) is 2.